The van der Waals surface area contributed by atoms with Crippen LogP contribution in [0.2, 0.25) is 0 Å². The molecule has 1 aliphatic rings. The van der Waals surface area contributed by atoms with Gasteiger partial charge in [-0.1, -0.05) is 39.0 Å². The molecule has 0 radical (unpaired) electrons. The summed E-state index contributed by atoms with van der Waals surface area (Å²) in [6, 6.07) is 0.744. The predicted molar refractivity (Wildman–Crippen MR) is 99.0 cm³/mol. The van der Waals surface area contributed by atoms with Gasteiger partial charge in [0.05, 0.1) is 0 Å². The molecular weight excluding hydrogens is 304 g/mol. The van der Waals surface area contributed by atoms with Gasteiger partial charge in [-0.05, 0) is 56.7 Å². The fourth-order valence-electron chi connectivity index (χ4n) is 3.53. The molecule has 1 fully saturated rings. The van der Waals surface area contributed by atoms with E-state index in [0.717, 1.165) is 48.9 Å². The lowest BCUT2D eigenvalue weighted by molar-refractivity contribution is 0.286. The van der Waals surface area contributed by atoms with Crippen molar-refractivity contribution in [2.24, 2.45) is 11.8 Å². The largest absolute Gasteiger partial charge is 0.314 e. The van der Waals surface area contributed by atoms with Crippen LogP contribution in [0.5, 0.6) is 0 Å². The first-order chi connectivity index (χ1) is 11.1. The van der Waals surface area contributed by atoms with Crippen LogP contribution in [-0.4, -0.2) is 33.6 Å². The number of hydrogen-bond donors (Lipinski definition) is 1. The van der Waals surface area contributed by atoms with Gasteiger partial charge in [0.2, 0.25) is 0 Å². The van der Waals surface area contributed by atoms with Crippen LogP contribution >= 0.6 is 11.8 Å². The maximum Gasteiger partial charge on any atom is 0.190 e. The van der Waals surface area contributed by atoms with Gasteiger partial charge in [-0.25, -0.2) is 0 Å². The summed E-state index contributed by atoms with van der Waals surface area (Å²) < 4.78 is 2.31. The smallest absolute Gasteiger partial charge is 0.190 e. The van der Waals surface area contributed by atoms with Crippen LogP contribution in [0.25, 0.3) is 0 Å². The zero-order chi connectivity index (χ0) is 16.7. The molecule has 0 aliphatic heterocycles. The first-order valence-corrected chi connectivity index (χ1v) is 10.6. The van der Waals surface area contributed by atoms with Gasteiger partial charge in [0, 0.05) is 19.0 Å². The van der Waals surface area contributed by atoms with E-state index in [1.807, 2.05) is 0 Å². The van der Waals surface area contributed by atoms with E-state index >= 15 is 0 Å². The Morgan fingerprint density at radius 1 is 1.22 bits per heavy atom. The third kappa shape index (κ3) is 5.79. The molecule has 0 unspecified atom stereocenters. The highest BCUT2D eigenvalue weighted by atomic mass is 32.2. The molecule has 0 aromatic carbocycles. The molecular formula is C18H34N4S. The third-order valence-electron chi connectivity index (χ3n) is 4.96. The van der Waals surface area contributed by atoms with E-state index < -0.39 is 0 Å². The summed E-state index contributed by atoms with van der Waals surface area (Å²) in [6.45, 7) is 8.95. The number of hydrogen-bond acceptors (Lipinski definition) is 4. The molecule has 0 spiro atoms. The van der Waals surface area contributed by atoms with Crippen LogP contribution < -0.4 is 5.32 Å². The lowest BCUT2D eigenvalue weighted by Gasteiger charge is -2.28. The Morgan fingerprint density at radius 2 is 1.96 bits per heavy atom. The van der Waals surface area contributed by atoms with Gasteiger partial charge in [-0.15, -0.1) is 10.2 Å². The van der Waals surface area contributed by atoms with Crippen molar-refractivity contribution < 1.29 is 0 Å². The first kappa shape index (κ1) is 18.8. The zero-order valence-electron chi connectivity index (χ0n) is 15.3. The molecule has 1 aliphatic carbocycles. The van der Waals surface area contributed by atoms with Crippen LogP contribution in [0.1, 0.15) is 65.1 Å². The third-order valence-corrected chi connectivity index (χ3v) is 5.63. The van der Waals surface area contributed by atoms with E-state index in [-0.39, 0.29) is 0 Å². The van der Waals surface area contributed by atoms with Gasteiger partial charge >= 0.3 is 0 Å². The normalized spacial score (nSPS) is 22.0. The Kier molecular flexibility index (Phi) is 7.90. The predicted octanol–water partition coefficient (Wildman–Crippen LogP) is 4.15. The molecule has 1 saturated carbocycles. The summed E-state index contributed by atoms with van der Waals surface area (Å²) in [5, 5.41) is 13.5. The topological polar surface area (TPSA) is 42.7 Å². The molecule has 1 N–H and O–H groups in total. The summed E-state index contributed by atoms with van der Waals surface area (Å²) in [5.41, 5.74) is 0. The summed E-state index contributed by atoms with van der Waals surface area (Å²) in [4.78, 5) is 0. The minimum Gasteiger partial charge on any atom is -0.314 e. The SMILES string of the molecule is CCC1CCC(NCCCc2nnc(SC)n2CC(C)C)CC1. The number of aromatic nitrogens is 3. The fourth-order valence-corrected chi connectivity index (χ4v) is 4.05. The Hall–Kier alpha value is -0.550. The standard InChI is InChI=1S/C18H34N4S/c1-5-15-8-10-16(11-9-15)19-12-6-7-17-20-21-18(23-4)22(17)13-14(2)3/h14-16,19H,5-13H2,1-4H3. The lowest BCUT2D eigenvalue weighted by atomic mass is 9.84. The number of nitrogens with one attached hydrogen (secondary N) is 1. The van der Waals surface area contributed by atoms with E-state index in [1.54, 1.807) is 11.8 Å². The lowest BCUT2D eigenvalue weighted by Crippen LogP contribution is -2.34. The van der Waals surface area contributed by atoms with Crippen molar-refractivity contribution in [2.75, 3.05) is 12.8 Å². The zero-order valence-corrected chi connectivity index (χ0v) is 16.2. The number of aryl methyl sites for hydroxylation is 1. The highest BCUT2D eigenvalue weighted by Crippen LogP contribution is 2.26. The molecule has 0 atom stereocenters. The highest BCUT2D eigenvalue weighted by molar-refractivity contribution is 7.98. The molecule has 0 amide bonds. The van der Waals surface area contributed by atoms with Crippen LogP contribution in [0.3, 0.4) is 0 Å². The second-order valence-corrected chi connectivity index (χ2v) is 8.06. The molecule has 0 bridgehead atoms. The monoisotopic (exact) mass is 338 g/mol. The molecule has 4 nitrogen and oxygen atoms in total. The van der Waals surface area contributed by atoms with Gasteiger partial charge in [0.25, 0.3) is 0 Å². The molecule has 0 saturated heterocycles. The minimum absolute atomic E-state index is 0.627. The summed E-state index contributed by atoms with van der Waals surface area (Å²) >= 11 is 1.70. The van der Waals surface area contributed by atoms with Crippen molar-refractivity contribution in [1.29, 1.82) is 0 Å². The Labute approximate surface area is 146 Å². The van der Waals surface area contributed by atoms with E-state index in [4.69, 9.17) is 0 Å². The second-order valence-electron chi connectivity index (χ2n) is 7.29. The molecule has 2 rings (SSSR count). The molecule has 1 heterocycles. The number of rotatable bonds is 9. The van der Waals surface area contributed by atoms with E-state index in [9.17, 15) is 0 Å². The van der Waals surface area contributed by atoms with Crippen molar-refractivity contribution in [3.05, 3.63) is 5.82 Å². The summed E-state index contributed by atoms with van der Waals surface area (Å²) in [7, 11) is 0. The molecule has 5 heteroatoms. The molecule has 1 aromatic heterocycles. The Balaban J connectivity index is 1.73. The summed E-state index contributed by atoms with van der Waals surface area (Å²) in [6.07, 6.45) is 11.2. The first-order valence-electron chi connectivity index (χ1n) is 9.33. The van der Waals surface area contributed by atoms with Gasteiger partial charge in [0.15, 0.2) is 5.16 Å². The van der Waals surface area contributed by atoms with Crippen molar-refractivity contribution in [1.82, 2.24) is 20.1 Å². The van der Waals surface area contributed by atoms with Gasteiger partial charge in [0.1, 0.15) is 5.82 Å². The van der Waals surface area contributed by atoms with E-state index in [1.165, 1.54) is 32.1 Å². The maximum absolute atomic E-state index is 4.41. The Morgan fingerprint density at radius 3 is 2.57 bits per heavy atom. The maximum atomic E-state index is 4.41. The van der Waals surface area contributed by atoms with Gasteiger partial charge < -0.3 is 9.88 Å². The van der Waals surface area contributed by atoms with Crippen molar-refractivity contribution >= 4 is 11.8 Å². The van der Waals surface area contributed by atoms with Crippen LogP contribution in [0.15, 0.2) is 5.16 Å². The Bertz CT molecular complexity index is 450. The second kappa shape index (κ2) is 9.67. The summed E-state index contributed by atoms with van der Waals surface area (Å²) in [5.74, 6) is 2.76. The highest BCUT2D eigenvalue weighted by Gasteiger charge is 2.19. The van der Waals surface area contributed by atoms with Crippen molar-refractivity contribution in [2.45, 2.75) is 83.5 Å². The van der Waals surface area contributed by atoms with Crippen LogP contribution in [0.4, 0.5) is 0 Å². The van der Waals surface area contributed by atoms with Crippen molar-refractivity contribution in [3.63, 3.8) is 0 Å². The molecule has 1 aromatic rings. The van der Waals surface area contributed by atoms with E-state index in [2.05, 4.69) is 47.1 Å². The number of nitrogens with zero attached hydrogens (tertiary/aromatic N) is 3. The minimum atomic E-state index is 0.627. The van der Waals surface area contributed by atoms with Crippen LogP contribution in [0, 0.1) is 11.8 Å². The van der Waals surface area contributed by atoms with Crippen LogP contribution in [-0.2, 0) is 13.0 Å². The average Bonchev–Trinajstić information content (AvgIpc) is 2.93. The average molecular weight is 339 g/mol. The van der Waals surface area contributed by atoms with Gasteiger partial charge in [-0.2, -0.15) is 0 Å². The van der Waals surface area contributed by atoms with Crippen molar-refractivity contribution in [3.8, 4) is 0 Å². The van der Waals surface area contributed by atoms with Gasteiger partial charge in [-0.3, -0.25) is 0 Å². The molecule has 23 heavy (non-hydrogen) atoms. The quantitative estimate of drug-likeness (QED) is 0.542. The van der Waals surface area contributed by atoms with E-state index in [0.29, 0.717) is 5.92 Å². The molecule has 132 valence electrons. The fraction of sp³-hybridized carbons (Fsp3) is 0.889. The number of thioether (sulfide) groups is 1.